The molecule has 1 heterocycles. The zero-order valence-electron chi connectivity index (χ0n) is 13.6. The molecule has 0 aliphatic rings. The molecule has 0 aliphatic heterocycles. The van der Waals surface area contributed by atoms with Crippen LogP contribution in [-0.4, -0.2) is 46.9 Å². The first-order chi connectivity index (χ1) is 10.0. The molecule has 0 saturated carbocycles. The van der Waals surface area contributed by atoms with Crippen molar-refractivity contribution in [3.05, 3.63) is 0 Å². The molecule has 0 radical (unpaired) electrons. The Morgan fingerprint density at radius 1 is 1.05 bits per heavy atom. The fraction of sp³-hybridized carbons (Fsp3) is 0.786. The van der Waals surface area contributed by atoms with Gasteiger partial charge in [-0.3, -0.25) is 0 Å². The van der Waals surface area contributed by atoms with Gasteiger partial charge in [0.2, 0.25) is 11.9 Å². The molecule has 0 spiro atoms. The molecule has 120 valence electrons. The van der Waals surface area contributed by atoms with Gasteiger partial charge in [-0.25, -0.2) is 0 Å². The lowest BCUT2D eigenvalue weighted by atomic mass is 10.4. The molecule has 0 aromatic carbocycles. The molecule has 7 nitrogen and oxygen atoms in total. The predicted molar refractivity (Wildman–Crippen MR) is 83.9 cm³/mol. The van der Waals surface area contributed by atoms with E-state index in [0.717, 1.165) is 13.0 Å². The number of nitrogens with one attached hydrogen (secondary N) is 2. The summed E-state index contributed by atoms with van der Waals surface area (Å²) in [5, 5.41) is 6.35. The monoisotopic (exact) mass is 297 g/mol. The molecule has 0 saturated heterocycles. The van der Waals surface area contributed by atoms with Crippen molar-refractivity contribution < 1.29 is 9.47 Å². The summed E-state index contributed by atoms with van der Waals surface area (Å²) in [5.41, 5.74) is 0. The minimum absolute atomic E-state index is 0.0140. The number of hydrogen-bond donors (Lipinski definition) is 2. The Balaban J connectivity index is 2.79. The topological polar surface area (TPSA) is 81.2 Å². The van der Waals surface area contributed by atoms with Gasteiger partial charge in [0, 0.05) is 19.2 Å². The Morgan fingerprint density at radius 2 is 1.76 bits per heavy atom. The summed E-state index contributed by atoms with van der Waals surface area (Å²) in [6.45, 7) is 12.0. The molecule has 1 rings (SSSR count). The van der Waals surface area contributed by atoms with E-state index in [-0.39, 0.29) is 12.1 Å². The second kappa shape index (κ2) is 9.33. The Hall–Kier alpha value is -1.63. The SMILES string of the molecule is CCCNc1nc(NC(C)COCC)nc(OC(C)C)n1. The van der Waals surface area contributed by atoms with E-state index >= 15 is 0 Å². The van der Waals surface area contributed by atoms with E-state index < -0.39 is 0 Å². The fourth-order valence-electron chi connectivity index (χ4n) is 1.56. The molecular weight excluding hydrogens is 270 g/mol. The maximum Gasteiger partial charge on any atom is 0.323 e. The van der Waals surface area contributed by atoms with Crippen molar-refractivity contribution in [1.82, 2.24) is 15.0 Å². The molecule has 1 unspecified atom stereocenters. The first-order valence-electron chi connectivity index (χ1n) is 7.56. The number of anilines is 2. The van der Waals surface area contributed by atoms with Gasteiger partial charge in [-0.15, -0.1) is 0 Å². The quantitative estimate of drug-likeness (QED) is 0.686. The molecule has 21 heavy (non-hydrogen) atoms. The molecule has 0 bridgehead atoms. The van der Waals surface area contributed by atoms with Crippen molar-refractivity contribution in [2.24, 2.45) is 0 Å². The lowest BCUT2D eigenvalue weighted by molar-refractivity contribution is 0.141. The highest BCUT2D eigenvalue weighted by Crippen LogP contribution is 2.13. The van der Waals surface area contributed by atoms with Gasteiger partial charge in [0.05, 0.1) is 12.7 Å². The van der Waals surface area contributed by atoms with Crippen molar-refractivity contribution in [2.45, 2.75) is 53.2 Å². The maximum atomic E-state index is 5.56. The highest BCUT2D eigenvalue weighted by atomic mass is 16.5. The molecule has 0 fully saturated rings. The molecule has 1 atom stereocenters. The largest absolute Gasteiger partial charge is 0.461 e. The van der Waals surface area contributed by atoms with Gasteiger partial charge in [0.25, 0.3) is 0 Å². The van der Waals surface area contributed by atoms with Crippen molar-refractivity contribution in [3.8, 4) is 6.01 Å². The zero-order chi connectivity index (χ0) is 15.7. The van der Waals surface area contributed by atoms with E-state index in [1.54, 1.807) is 0 Å². The maximum absolute atomic E-state index is 5.56. The number of aromatic nitrogens is 3. The number of hydrogen-bond acceptors (Lipinski definition) is 7. The summed E-state index contributed by atoms with van der Waals surface area (Å²) in [7, 11) is 0. The van der Waals surface area contributed by atoms with Gasteiger partial charge >= 0.3 is 6.01 Å². The van der Waals surface area contributed by atoms with Gasteiger partial charge < -0.3 is 20.1 Å². The van der Waals surface area contributed by atoms with Crippen LogP contribution in [-0.2, 0) is 4.74 Å². The molecule has 1 aromatic heterocycles. The number of nitrogens with zero attached hydrogens (tertiary/aromatic N) is 3. The van der Waals surface area contributed by atoms with Crippen molar-refractivity contribution >= 4 is 11.9 Å². The lowest BCUT2D eigenvalue weighted by Gasteiger charge is -2.15. The van der Waals surface area contributed by atoms with Crippen molar-refractivity contribution in [1.29, 1.82) is 0 Å². The average Bonchev–Trinajstić information content (AvgIpc) is 2.42. The third kappa shape index (κ3) is 7.08. The van der Waals surface area contributed by atoms with Gasteiger partial charge in [0.15, 0.2) is 0 Å². The van der Waals surface area contributed by atoms with Crippen LogP contribution < -0.4 is 15.4 Å². The highest BCUT2D eigenvalue weighted by Gasteiger charge is 2.11. The Kier molecular flexibility index (Phi) is 7.74. The van der Waals surface area contributed by atoms with Crippen LogP contribution in [0.2, 0.25) is 0 Å². The minimum Gasteiger partial charge on any atom is -0.461 e. The lowest BCUT2D eigenvalue weighted by Crippen LogP contribution is -2.24. The van der Waals surface area contributed by atoms with E-state index in [0.29, 0.717) is 31.1 Å². The summed E-state index contributed by atoms with van der Waals surface area (Å²) in [6, 6.07) is 0.433. The second-order valence-electron chi connectivity index (χ2n) is 5.06. The van der Waals surface area contributed by atoms with E-state index in [1.165, 1.54) is 0 Å². The van der Waals surface area contributed by atoms with Gasteiger partial charge in [-0.05, 0) is 34.1 Å². The molecular formula is C14H27N5O2. The molecule has 2 N–H and O–H groups in total. The Labute approximate surface area is 126 Å². The Morgan fingerprint density at radius 3 is 2.38 bits per heavy atom. The standard InChI is InChI=1S/C14H27N5O2/c1-6-8-15-12-17-13(16-11(5)9-20-7-2)19-14(18-12)21-10(3)4/h10-11H,6-9H2,1-5H3,(H2,15,16,17,18,19). The van der Waals surface area contributed by atoms with Crippen LogP contribution >= 0.6 is 0 Å². The summed E-state index contributed by atoms with van der Waals surface area (Å²) in [6.07, 6.45) is 1.01. The fourth-order valence-corrected chi connectivity index (χ4v) is 1.56. The minimum atomic E-state index is 0.0140. The van der Waals surface area contributed by atoms with Crippen LogP contribution in [0.25, 0.3) is 0 Å². The zero-order valence-corrected chi connectivity index (χ0v) is 13.6. The van der Waals surface area contributed by atoms with E-state index in [4.69, 9.17) is 9.47 Å². The smallest absolute Gasteiger partial charge is 0.323 e. The van der Waals surface area contributed by atoms with Crippen LogP contribution in [0.3, 0.4) is 0 Å². The van der Waals surface area contributed by atoms with E-state index in [2.05, 4.69) is 32.5 Å². The molecule has 0 aliphatic carbocycles. The van der Waals surface area contributed by atoms with Crippen LogP contribution in [0.15, 0.2) is 0 Å². The molecule has 7 heteroatoms. The molecule has 0 amide bonds. The summed E-state index contributed by atoms with van der Waals surface area (Å²) < 4.78 is 10.9. The van der Waals surface area contributed by atoms with Crippen LogP contribution in [0, 0.1) is 0 Å². The predicted octanol–water partition coefficient (Wildman–Crippen LogP) is 2.32. The van der Waals surface area contributed by atoms with Crippen LogP contribution in [0.5, 0.6) is 6.01 Å². The Bertz CT molecular complexity index is 414. The highest BCUT2D eigenvalue weighted by molar-refractivity contribution is 5.36. The third-order valence-corrected chi connectivity index (χ3v) is 2.44. The van der Waals surface area contributed by atoms with Crippen molar-refractivity contribution in [2.75, 3.05) is 30.4 Å². The normalized spacial score (nSPS) is 12.3. The van der Waals surface area contributed by atoms with Crippen LogP contribution in [0.4, 0.5) is 11.9 Å². The van der Waals surface area contributed by atoms with Crippen LogP contribution in [0.1, 0.15) is 41.0 Å². The summed E-state index contributed by atoms with van der Waals surface area (Å²) in [5.74, 6) is 1.01. The number of rotatable bonds is 10. The number of ether oxygens (including phenoxy) is 2. The second-order valence-corrected chi connectivity index (χ2v) is 5.06. The van der Waals surface area contributed by atoms with Gasteiger partial charge in [0.1, 0.15) is 0 Å². The average molecular weight is 297 g/mol. The van der Waals surface area contributed by atoms with E-state index in [9.17, 15) is 0 Å². The first-order valence-corrected chi connectivity index (χ1v) is 7.56. The third-order valence-electron chi connectivity index (χ3n) is 2.44. The summed E-state index contributed by atoms with van der Waals surface area (Å²) >= 11 is 0. The van der Waals surface area contributed by atoms with Gasteiger partial charge in [-0.1, -0.05) is 6.92 Å². The van der Waals surface area contributed by atoms with Gasteiger partial charge in [-0.2, -0.15) is 15.0 Å². The summed E-state index contributed by atoms with van der Waals surface area (Å²) in [4.78, 5) is 12.9. The first kappa shape index (κ1) is 17.4. The van der Waals surface area contributed by atoms with E-state index in [1.807, 2.05) is 27.7 Å². The van der Waals surface area contributed by atoms with Crippen molar-refractivity contribution in [3.63, 3.8) is 0 Å². The molecule has 1 aromatic rings.